The van der Waals surface area contributed by atoms with E-state index in [9.17, 15) is 24.6 Å². The van der Waals surface area contributed by atoms with Crippen LogP contribution in [0.3, 0.4) is 0 Å². The van der Waals surface area contributed by atoms with Crippen molar-refractivity contribution in [2.24, 2.45) is 17.6 Å². The van der Waals surface area contributed by atoms with Crippen molar-refractivity contribution in [2.75, 3.05) is 0 Å². The molecular formula is C18H33N4O5+. The van der Waals surface area contributed by atoms with E-state index in [-0.39, 0.29) is 29.7 Å². The Hall–Kier alpha value is -1.97. The summed E-state index contributed by atoms with van der Waals surface area (Å²) in [5, 5.41) is 25.4. The summed E-state index contributed by atoms with van der Waals surface area (Å²) in [6.45, 7) is 7.49. The molecule has 0 radical (unpaired) electrons. The second-order valence-corrected chi connectivity index (χ2v) is 7.90. The number of aliphatic hydroxyl groups is 2. The number of nitrogens with one attached hydrogen (secondary N) is 2. The van der Waals surface area contributed by atoms with E-state index in [1.54, 1.807) is 0 Å². The molecule has 9 heteroatoms. The minimum Gasteiger partial charge on any atom is -0.390 e. The first kappa shape index (κ1) is 23.1. The summed E-state index contributed by atoms with van der Waals surface area (Å²) in [4.78, 5) is 36.3. The topological polar surface area (TPSA) is 169 Å². The van der Waals surface area contributed by atoms with E-state index in [4.69, 9.17) is 5.73 Å². The van der Waals surface area contributed by atoms with Crippen LogP contribution in [0.1, 0.15) is 40.5 Å². The van der Waals surface area contributed by atoms with Crippen molar-refractivity contribution in [1.29, 1.82) is 0 Å². The lowest BCUT2D eigenvalue weighted by Crippen LogP contribution is -2.71. The highest BCUT2D eigenvalue weighted by Gasteiger charge is 2.36. The highest BCUT2D eigenvalue weighted by Crippen LogP contribution is 2.20. The molecule has 9 nitrogen and oxygen atoms in total. The lowest BCUT2D eigenvalue weighted by Gasteiger charge is -2.32. The van der Waals surface area contributed by atoms with Crippen molar-refractivity contribution in [3.8, 4) is 0 Å². The molecule has 0 spiro atoms. The average Bonchev–Trinajstić information content (AvgIpc) is 2.56. The number of quaternary nitrogens is 1. The first-order chi connectivity index (χ1) is 12.4. The van der Waals surface area contributed by atoms with Gasteiger partial charge >= 0.3 is 0 Å². The first-order valence-electron chi connectivity index (χ1n) is 9.24. The van der Waals surface area contributed by atoms with E-state index in [1.807, 2.05) is 27.7 Å². The number of hydrogen-bond donors (Lipinski definition) is 6. The monoisotopic (exact) mass is 385 g/mol. The number of nitrogens with two attached hydrogens (primary N) is 1. The molecule has 1 aliphatic carbocycles. The van der Waals surface area contributed by atoms with E-state index >= 15 is 0 Å². The van der Waals surface area contributed by atoms with Gasteiger partial charge in [-0.15, -0.1) is 0 Å². The van der Waals surface area contributed by atoms with Crippen molar-refractivity contribution in [1.82, 2.24) is 10.6 Å². The molecule has 0 aromatic carbocycles. The van der Waals surface area contributed by atoms with Crippen LogP contribution in [0.15, 0.2) is 11.6 Å². The molecule has 3 amide bonds. The molecule has 0 fully saturated rings. The van der Waals surface area contributed by atoms with Gasteiger partial charge in [-0.2, -0.15) is 0 Å². The normalized spacial score (nSPS) is 24.9. The standard InChI is InChI=1S/C18H32N4O5/c1-8(2)5-12(16(20)25)22-17(26)10-6-11(15(24)13(23)7-10)21-18(27)14(19)9(3)4/h6,8-9,11-15,23-24H,5,7,19H2,1-4H3,(H2,20,25)(H,21,27)(H,22,26)/p+1/t11-,12-,13-,14-,15-/m1/s1. The molecule has 0 unspecified atom stereocenters. The van der Waals surface area contributed by atoms with Crippen molar-refractivity contribution in [3.63, 3.8) is 0 Å². The summed E-state index contributed by atoms with van der Waals surface area (Å²) in [5.41, 5.74) is 9.30. The van der Waals surface area contributed by atoms with Gasteiger partial charge in [-0.05, 0) is 12.3 Å². The minimum atomic E-state index is -1.24. The van der Waals surface area contributed by atoms with Crippen molar-refractivity contribution in [2.45, 2.75) is 70.9 Å². The fourth-order valence-electron chi connectivity index (χ4n) is 2.81. The highest BCUT2D eigenvalue weighted by molar-refractivity contribution is 5.97. The molecule has 5 atom stereocenters. The largest absolute Gasteiger partial charge is 0.390 e. The SMILES string of the molecule is CC(C)C[C@@H](NC(=O)C1=C[C@@H](NC(=O)[C@H]([NH3+])C(C)C)[C@@H](O)[C@H](O)C1)C(N)=O. The minimum absolute atomic E-state index is 0.00485. The molecule has 1 aliphatic rings. The van der Waals surface area contributed by atoms with Crippen LogP contribution in [-0.2, 0) is 14.4 Å². The predicted octanol–water partition coefficient (Wildman–Crippen LogP) is -2.19. The van der Waals surface area contributed by atoms with E-state index in [2.05, 4.69) is 16.4 Å². The van der Waals surface area contributed by atoms with Gasteiger partial charge in [0.1, 0.15) is 12.1 Å². The summed E-state index contributed by atoms with van der Waals surface area (Å²) in [6, 6.07) is -2.30. The zero-order valence-corrected chi connectivity index (χ0v) is 16.4. The third-order valence-corrected chi connectivity index (χ3v) is 4.67. The smallest absolute Gasteiger partial charge is 0.278 e. The Morgan fingerprint density at radius 1 is 1.26 bits per heavy atom. The predicted molar refractivity (Wildman–Crippen MR) is 98.7 cm³/mol. The molecule has 0 aromatic rings. The fourth-order valence-corrected chi connectivity index (χ4v) is 2.81. The third-order valence-electron chi connectivity index (χ3n) is 4.67. The van der Waals surface area contributed by atoms with Crippen LogP contribution in [0.2, 0.25) is 0 Å². The van der Waals surface area contributed by atoms with Crippen LogP contribution in [0, 0.1) is 11.8 Å². The third kappa shape index (κ3) is 6.60. The van der Waals surface area contributed by atoms with Gasteiger partial charge in [-0.1, -0.05) is 33.8 Å². The number of hydrogen-bond acceptors (Lipinski definition) is 5. The quantitative estimate of drug-likeness (QED) is 0.278. The van der Waals surface area contributed by atoms with Crippen molar-refractivity contribution >= 4 is 17.7 Å². The molecule has 0 saturated heterocycles. The molecule has 0 saturated carbocycles. The van der Waals surface area contributed by atoms with E-state index in [1.165, 1.54) is 6.08 Å². The first-order valence-corrected chi connectivity index (χ1v) is 9.24. The summed E-state index contributed by atoms with van der Waals surface area (Å²) >= 11 is 0. The Labute approximate surface area is 159 Å². The number of carbonyl (C=O) groups excluding carboxylic acids is 3. The van der Waals surface area contributed by atoms with Gasteiger partial charge in [-0.25, -0.2) is 0 Å². The molecule has 27 heavy (non-hydrogen) atoms. The Kier molecular flexibility index (Phi) is 8.39. The molecule has 154 valence electrons. The van der Waals surface area contributed by atoms with Gasteiger partial charge < -0.3 is 32.3 Å². The Bertz CT molecular complexity index is 590. The zero-order chi connectivity index (χ0) is 20.9. The number of rotatable bonds is 8. The highest BCUT2D eigenvalue weighted by atomic mass is 16.3. The lowest BCUT2D eigenvalue weighted by atomic mass is 9.89. The van der Waals surface area contributed by atoms with Crippen molar-refractivity contribution < 1.29 is 30.3 Å². The van der Waals surface area contributed by atoms with Crippen LogP contribution in [0.4, 0.5) is 0 Å². The second-order valence-electron chi connectivity index (χ2n) is 7.90. The fraction of sp³-hybridized carbons (Fsp3) is 0.722. The second kappa shape index (κ2) is 9.82. The molecule has 0 heterocycles. The molecule has 0 bridgehead atoms. The number of carbonyl (C=O) groups is 3. The number of primary amides is 1. The van der Waals surface area contributed by atoms with Crippen LogP contribution in [0.5, 0.6) is 0 Å². The number of aliphatic hydroxyl groups excluding tert-OH is 2. The van der Waals surface area contributed by atoms with Gasteiger partial charge in [-0.3, -0.25) is 14.4 Å². The maximum absolute atomic E-state index is 12.5. The lowest BCUT2D eigenvalue weighted by molar-refractivity contribution is -0.414. The number of amides is 3. The van der Waals surface area contributed by atoms with Crippen LogP contribution in [0.25, 0.3) is 0 Å². The summed E-state index contributed by atoms with van der Waals surface area (Å²) in [6.07, 6.45) is -0.764. The van der Waals surface area contributed by atoms with Gasteiger partial charge in [0.2, 0.25) is 11.8 Å². The van der Waals surface area contributed by atoms with E-state index in [0.29, 0.717) is 6.42 Å². The maximum Gasteiger partial charge on any atom is 0.278 e. The summed E-state index contributed by atoms with van der Waals surface area (Å²) in [7, 11) is 0. The zero-order valence-electron chi connectivity index (χ0n) is 16.4. The Balaban J connectivity index is 2.93. The van der Waals surface area contributed by atoms with Crippen LogP contribution < -0.4 is 22.1 Å². The molecule has 9 N–H and O–H groups in total. The Morgan fingerprint density at radius 3 is 2.33 bits per heavy atom. The summed E-state index contributed by atoms with van der Waals surface area (Å²) in [5.74, 6) is -1.44. The molecule has 0 aliphatic heterocycles. The van der Waals surface area contributed by atoms with Crippen LogP contribution >= 0.6 is 0 Å². The van der Waals surface area contributed by atoms with Crippen LogP contribution in [-0.4, -0.2) is 58.3 Å². The molecule has 1 rings (SSSR count). The van der Waals surface area contributed by atoms with Gasteiger partial charge in [0, 0.05) is 17.9 Å². The average molecular weight is 385 g/mol. The summed E-state index contributed by atoms with van der Waals surface area (Å²) < 4.78 is 0. The van der Waals surface area contributed by atoms with Crippen molar-refractivity contribution in [3.05, 3.63) is 11.6 Å². The van der Waals surface area contributed by atoms with E-state index in [0.717, 1.165) is 0 Å². The molecule has 0 aromatic heterocycles. The van der Waals surface area contributed by atoms with Gasteiger partial charge in [0.05, 0.1) is 12.1 Å². The van der Waals surface area contributed by atoms with E-state index < -0.39 is 42.1 Å². The van der Waals surface area contributed by atoms with Gasteiger partial charge in [0.15, 0.2) is 6.04 Å². The van der Waals surface area contributed by atoms with Gasteiger partial charge in [0.25, 0.3) is 5.91 Å². The Morgan fingerprint density at radius 2 is 1.85 bits per heavy atom. The maximum atomic E-state index is 12.5. The molecular weight excluding hydrogens is 352 g/mol.